The van der Waals surface area contributed by atoms with Gasteiger partial charge in [-0.05, 0) is 30.0 Å². The van der Waals surface area contributed by atoms with Crippen LogP contribution < -0.4 is 0 Å². The van der Waals surface area contributed by atoms with Gasteiger partial charge in [0.05, 0.1) is 0 Å². The van der Waals surface area contributed by atoms with Crippen LogP contribution in [0.25, 0.3) is 0 Å². The zero-order valence-corrected chi connectivity index (χ0v) is 11.3. The van der Waals surface area contributed by atoms with Crippen molar-refractivity contribution in [3.8, 4) is 0 Å². The molecule has 0 spiro atoms. The lowest BCUT2D eigenvalue weighted by atomic mass is 9.77. The van der Waals surface area contributed by atoms with Crippen molar-refractivity contribution in [2.75, 3.05) is 0 Å². The van der Waals surface area contributed by atoms with Crippen LogP contribution in [0.5, 0.6) is 0 Å². The van der Waals surface area contributed by atoms with E-state index in [0.29, 0.717) is 10.6 Å². The van der Waals surface area contributed by atoms with E-state index in [1.165, 1.54) is 16.8 Å². The number of hydrogen-bond acceptors (Lipinski definition) is 2. The average Bonchev–Trinajstić information content (AvgIpc) is 2.30. The number of nitrogens with one attached hydrogen (secondary N) is 1. The standard InChI is InChI=1S/C15H16N2S/c1-2-5-11-9-14(18)17-15(16-11)13-8-10-6-3-4-7-12(10)13/h3-4,6-7,9,13H,2,5,8H2,1H3,(H,16,17,18). The first kappa shape index (κ1) is 11.6. The van der Waals surface area contributed by atoms with Crippen molar-refractivity contribution in [2.24, 2.45) is 0 Å². The Hall–Kier alpha value is -1.48. The van der Waals surface area contributed by atoms with E-state index >= 15 is 0 Å². The van der Waals surface area contributed by atoms with Gasteiger partial charge in [-0.15, -0.1) is 0 Å². The average molecular weight is 256 g/mol. The lowest BCUT2D eigenvalue weighted by Gasteiger charge is -2.29. The molecule has 0 bridgehead atoms. The van der Waals surface area contributed by atoms with Crippen molar-refractivity contribution in [3.05, 3.63) is 57.6 Å². The van der Waals surface area contributed by atoms with E-state index in [-0.39, 0.29) is 0 Å². The van der Waals surface area contributed by atoms with Gasteiger partial charge < -0.3 is 4.98 Å². The SMILES string of the molecule is CCCc1cc(=S)nc(C2Cc3ccccc32)[nH]1. The lowest BCUT2D eigenvalue weighted by molar-refractivity contribution is 0.650. The second kappa shape index (κ2) is 4.65. The largest absolute Gasteiger partial charge is 0.347 e. The molecule has 1 aromatic heterocycles. The lowest BCUT2D eigenvalue weighted by Crippen LogP contribution is -2.20. The summed E-state index contributed by atoms with van der Waals surface area (Å²) in [6, 6.07) is 10.5. The monoisotopic (exact) mass is 256 g/mol. The molecule has 1 aromatic carbocycles. The van der Waals surface area contributed by atoms with Crippen molar-refractivity contribution in [2.45, 2.75) is 32.1 Å². The minimum atomic E-state index is 0.403. The molecule has 1 heterocycles. The first-order valence-corrected chi connectivity index (χ1v) is 6.86. The molecule has 92 valence electrons. The molecule has 0 radical (unpaired) electrons. The predicted molar refractivity (Wildman–Crippen MR) is 75.4 cm³/mol. The molecule has 0 amide bonds. The predicted octanol–water partition coefficient (Wildman–Crippen LogP) is 3.78. The number of aromatic nitrogens is 2. The summed E-state index contributed by atoms with van der Waals surface area (Å²) in [5, 5.41) is 0. The minimum Gasteiger partial charge on any atom is -0.347 e. The van der Waals surface area contributed by atoms with E-state index in [4.69, 9.17) is 12.2 Å². The number of aryl methyl sites for hydroxylation is 1. The molecule has 0 saturated carbocycles. The van der Waals surface area contributed by atoms with Crippen molar-refractivity contribution < 1.29 is 0 Å². The van der Waals surface area contributed by atoms with Crippen LogP contribution in [-0.2, 0) is 12.8 Å². The molecule has 0 aliphatic heterocycles. The number of fused-ring (bicyclic) bond motifs is 1. The van der Waals surface area contributed by atoms with E-state index in [0.717, 1.165) is 25.1 Å². The van der Waals surface area contributed by atoms with Crippen LogP contribution in [0.1, 0.15) is 41.9 Å². The quantitative estimate of drug-likeness (QED) is 0.847. The van der Waals surface area contributed by atoms with Crippen molar-refractivity contribution in [1.29, 1.82) is 0 Å². The molecule has 2 aromatic rings. The highest BCUT2D eigenvalue weighted by Crippen LogP contribution is 2.38. The zero-order valence-electron chi connectivity index (χ0n) is 10.4. The summed E-state index contributed by atoms with van der Waals surface area (Å²) in [4.78, 5) is 7.95. The van der Waals surface area contributed by atoms with E-state index in [1.807, 2.05) is 6.07 Å². The van der Waals surface area contributed by atoms with Gasteiger partial charge in [0, 0.05) is 11.6 Å². The third kappa shape index (κ3) is 1.99. The highest BCUT2D eigenvalue weighted by atomic mass is 32.1. The number of rotatable bonds is 3. The number of H-pyrrole nitrogens is 1. The maximum atomic E-state index is 5.26. The Morgan fingerprint density at radius 3 is 3.00 bits per heavy atom. The fraction of sp³-hybridized carbons (Fsp3) is 0.333. The Morgan fingerprint density at radius 2 is 2.22 bits per heavy atom. The van der Waals surface area contributed by atoms with E-state index in [2.05, 4.69) is 41.2 Å². The number of benzene rings is 1. The first-order valence-electron chi connectivity index (χ1n) is 6.46. The summed E-state index contributed by atoms with van der Waals surface area (Å²) in [7, 11) is 0. The first-order chi connectivity index (χ1) is 8.78. The Kier molecular flexibility index (Phi) is 3.00. The third-order valence-electron chi connectivity index (χ3n) is 3.52. The van der Waals surface area contributed by atoms with E-state index in [1.54, 1.807) is 0 Å². The Labute approximate surface area is 112 Å². The topological polar surface area (TPSA) is 28.7 Å². The molecule has 1 N–H and O–H groups in total. The Morgan fingerprint density at radius 1 is 1.39 bits per heavy atom. The smallest absolute Gasteiger partial charge is 0.130 e. The molecule has 1 aliphatic rings. The number of aromatic amines is 1. The maximum absolute atomic E-state index is 5.26. The number of nitrogens with zero attached hydrogens (tertiary/aromatic N) is 1. The van der Waals surface area contributed by atoms with Crippen LogP contribution in [0, 0.1) is 4.64 Å². The van der Waals surface area contributed by atoms with Gasteiger partial charge in [0.1, 0.15) is 10.5 Å². The van der Waals surface area contributed by atoms with Gasteiger partial charge in [-0.2, -0.15) is 0 Å². The Balaban J connectivity index is 1.97. The van der Waals surface area contributed by atoms with Crippen LogP contribution in [0.3, 0.4) is 0 Å². The van der Waals surface area contributed by atoms with E-state index < -0.39 is 0 Å². The van der Waals surface area contributed by atoms with Crippen LogP contribution >= 0.6 is 12.2 Å². The molecule has 0 saturated heterocycles. The van der Waals surface area contributed by atoms with Gasteiger partial charge in [0.15, 0.2) is 0 Å². The second-order valence-electron chi connectivity index (χ2n) is 4.84. The van der Waals surface area contributed by atoms with Gasteiger partial charge in [0.25, 0.3) is 0 Å². The summed E-state index contributed by atoms with van der Waals surface area (Å²) in [6.45, 7) is 2.18. The highest BCUT2D eigenvalue weighted by molar-refractivity contribution is 7.71. The van der Waals surface area contributed by atoms with Gasteiger partial charge in [-0.25, -0.2) is 4.98 Å². The van der Waals surface area contributed by atoms with Gasteiger partial charge >= 0.3 is 0 Å². The van der Waals surface area contributed by atoms with Crippen molar-refractivity contribution in [1.82, 2.24) is 9.97 Å². The van der Waals surface area contributed by atoms with Crippen LogP contribution in [0.4, 0.5) is 0 Å². The maximum Gasteiger partial charge on any atom is 0.130 e. The van der Waals surface area contributed by atoms with E-state index in [9.17, 15) is 0 Å². The summed E-state index contributed by atoms with van der Waals surface area (Å²) in [6.07, 6.45) is 3.23. The molecule has 1 atom stereocenters. The fourth-order valence-corrected chi connectivity index (χ4v) is 2.84. The zero-order chi connectivity index (χ0) is 12.5. The fourth-order valence-electron chi connectivity index (χ4n) is 2.60. The van der Waals surface area contributed by atoms with Crippen molar-refractivity contribution in [3.63, 3.8) is 0 Å². The Bertz CT molecular complexity index is 630. The molecule has 2 nitrogen and oxygen atoms in total. The van der Waals surface area contributed by atoms with Crippen LogP contribution in [0.2, 0.25) is 0 Å². The molecule has 18 heavy (non-hydrogen) atoms. The summed E-state index contributed by atoms with van der Waals surface area (Å²) >= 11 is 5.26. The van der Waals surface area contributed by atoms with Crippen molar-refractivity contribution >= 4 is 12.2 Å². The molecule has 1 unspecified atom stereocenters. The van der Waals surface area contributed by atoms with Gasteiger partial charge in [-0.3, -0.25) is 0 Å². The highest BCUT2D eigenvalue weighted by Gasteiger charge is 2.28. The molecular weight excluding hydrogens is 240 g/mol. The van der Waals surface area contributed by atoms with Crippen LogP contribution in [0.15, 0.2) is 30.3 Å². The molecule has 3 rings (SSSR count). The summed E-state index contributed by atoms with van der Waals surface area (Å²) in [5.74, 6) is 1.43. The summed E-state index contributed by atoms with van der Waals surface area (Å²) < 4.78 is 0.705. The van der Waals surface area contributed by atoms with Gasteiger partial charge in [-0.1, -0.05) is 49.8 Å². The van der Waals surface area contributed by atoms with Crippen LogP contribution in [-0.4, -0.2) is 9.97 Å². The number of hydrogen-bond donors (Lipinski definition) is 1. The minimum absolute atomic E-state index is 0.403. The molecular formula is C15H16N2S. The van der Waals surface area contributed by atoms with Gasteiger partial charge in [0.2, 0.25) is 0 Å². The molecule has 1 aliphatic carbocycles. The summed E-state index contributed by atoms with van der Waals surface area (Å²) in [5.41, 5.74) is 4.03. The third-order valence-corrected chi connectivity index (χ3v) is 3.73. The molecule has 0 fully saturated rings. The second-order valence-corrected chi connectivity index (χ2v) is 5.25. The molecule has 3 heteroatoms. The normalized spacial score (nSPS) is 17.1.